The predicted octanol–water partition coefficient (Wildman–Crippen LogP) is 7.53. The van der Waals surface area contributed by atoms with E-state index in [9.17, 15) is 0 Å². The van der Waals surface area contributed by atoms with Gasteiger partial charge < -0.3 is 4.48 Å². The lowest BCUT2D eigenvalue weighted by Crippen LogP contribution is -2.42. The van der Waals surface area contributed by atoms with Crippen molar-refractivity contribution in [1.82, 2.24) is 0 Å². The van der Waals surface area contributed by atoms with Crippen LogP contribution in [0.1, 0.15) is 103 Å². The molecule has 1 heteroatoms. The highest BCUT2D eigenvalue weighted by Gasteiger charge is 2.24. The second-order valence-electron chi connectivity index (χ2n) is 8.48. The first-order valence-corrected chi connectivity index (χ1v) is 11.0. The molecule has 0 fully saturated rings. The molecule has 0 aliphatic carbocycles. The third-order valence-corrected chi connectivity index (χ3v) is 5.92. The lowest BCUT2D eigenvalue weighted by Gasteiger charge is -2.36. The van der Waals surface area contributed by atoms with Gasteiger partial charge in [-0.1, -0.05) is 101 Å². The molecular weight excluding hydrogens is 302 g/mol. The SMILES string of the molecule is CCCCCCCCCCCCCC[N+](C)(C)[C@@H](C)c1ccccc1. The fraction of sp³-hybridized carbons (Fsp3) is 0.750. The Hall–Kier alpha value is -0.820. The molecule has 0 radical (unpaired) electrons. The van der Waals surface area contributed by atoms with E-state index in [2.05, 4.69) is 58.3 Å². The Balaban J connectivity index is 2.01. The zero-order valence-corrected chi connectivity index (χ0v) is 17.6. The van der Waals surface area contributed by atoms with Gasteiger partial charge in [-0.2, -0.15) is 0 Å². The molecule has 0 unspecified atom stereocenters. The average Bonchev–Trinajstić information content (AvgIpc) is 2.62. The third kappa shape index (κ3) is 10.0. The van der Waals surface area contributed by atoms with Crippen molar-refractivity contribution in [3.63, 3.8) is 0 Å². The summed E-state index contributed by atoms with van der Waals surface area (Å²) in [6, 6.07) is 11.6. The van der Waals surface area contributed by atoms with E-state index >= 15 is 0 Å². The van der Waals surface area contributed by atoms with Gasteiger partial charge in [0.25, 0.3) is 0 Å². The van der Waals surface area contributed by atoms with Gasteiger partial charge in [0, 0.05) is 5.56 Å². The molecule has 1 aromatic rings. The fourth-order valence-corrected chi connectivity index (χ4v) is 3.69. The summed E-state index contributed by atoms with van der Waals surface area (Å²) in [6.07, 6.45) is 17.2. The minimum absolute atomic E-state index is 0.578. The standard InChI is InChI=1S/C24H44N/c1-5-6-7-8-9-10-11-12-13-14-15-19-22-25(3,4)23(2)24-20-17-16-18-21-24/h16-18,20-21,23H,5-15,19,22H2,1-4H3/q+1/t23-/m0/s1. The lowest BCUT2D eigenvalue weighted by molar-refractivity contribution is -0.919. The van der Waals surface area contributed by atoms with Gasteiger partial charge in [0.15, 0.2) is 0 Å². The van der Waals surface area contributed by atoms with Gasteiger partial charge in [-0.05, 0) is 19.8 Å². The van der Waals surface area contributed by atoms with Gasteiger partial charge in [0.2, 0.25) is 0 Å². The van der Waals surface area contributed by atoms with E-state index < -0.39 is 0 Å². The predicted molar refractivity (Wildman–Crippen MR) is 113 cm³/mol. The molecule has 25 heavy (non-hydrogen) atoms. The second-order valence-corrected chi connectivity index (χ2v) is 8.48. The Morgan fingerprint density at radius 1 is 0.680 bits per heavy atom. The van der Waals surface area contributed by atoms with Crippen molar-refractivity contribution >= 4 is 0 Å². The zero-order valence-electron chi connectivity index (χ0n) is 17.6. The van der Waals surface area contributed by atoms with Crippen molar-refractivity contribution in [1.29, 1.82) is 0 Å². The first-order valence-electron chi connectivity index (χ1n) is 11.0. The van der Waals surface area contributed by atoms with Crippen molar-refractivity contribution in [2.45, 2.75) is 96.9 Å². The van der Waals surface area contributed by atoms with Crippen LogP contribution in [0.3, 0.4) is 0 Å². The number of quaternary nitrogens is 1. The molecule has 0 aromatic heterocycles. The summed E-state index contributed by atoms with van der Waals surface area (Å²) < 4.78 is 1.10. The van der Waals surface area contributed by atoms with Gasteiger partial charge in [-0.25, -0.2) is 0 Å². The van der Waals surface area contributed by atoms with Crippen LogP contribution in [0.5, 0.6) is 0 Å². The highest BCUT2D eigenvalue weighted by Crippen LogP contribution is 2.25. The monoisotopic (exact) mass is 346 g/mol. The van der Waals surface area contributed by atoms with E-state index in [1.54, 1.807) is 0 Å². The molecule has 0 heterocycles. The van der Waals surface area contributed by atoms with Crippen LogP contribution in [-0.4, -0.2) is 25.1 Å². The van der Waals surface area contributed by atoms with Crippen molar-refractivity contribution in [2.24, 2.45) is 0 Å². The van der Waals surface area contributed by atoms with E-state index in [1.165, 1.54) is 89.2 Å². The molecule has 1 aromatic carbocycles. The number of rotatable bonds is 15. The maximum absolute atomic E-state index is 2.39. The largest absolute Gasteiger partial charge is 0.323 e. The van der Waals surface area contributed by atoms with Crippen LogP contribution in [0.15, 0.2) is 30.3 Å². The van der Waals surface area contributed by atoms with E-state index in [-0.39, 0.29) is 0 Å². The third-order valence-electron chi connectivity index (χ3n) is 5.92. The number of hydrogen-bond acceptors (Lipinski definition) is 0. The van der Waals surface area contributed by atoms with Gasteiger partial charge in [0.1, 0.15) is 6.04 Å². The molecule has 0 saturated heterocycles. The number of nitrogens with zero attached hydrogens (tertiary/aromatic N) is 1. The van der Waals surface area contributed by atoms with Gasteiger partial charge >= 0.3 is 0 Å². The summed E-state index contributed by atoms with van der Waals surface area (Å²) in [5.41, 5.74) is 1.46. The Kier molecular flexibility index (Phi) is 11.9. The van der Waals surface area contributed by atoms with Crippen LogP contribution in [0.4, 0.5) is 0 Å². The van der Waals surface area contributed by atoms with Crippen LogP contribution < -0.4 is 0 Å². The summed E-state index contributed by atoms with van der Waals surface area (Å²) in [7, 11) is 4.77. The minimum Gasteiger partial charge on any atom is -0.323 e. The molecule has 0 spiro atoms. The molecule has 0 amide bonds. The van der Waals surface area contributed by atoms with Crippen molar-refractivity contribution in [3.8, 4) is 0 Å². The Morgan fingerprint density at radius 2 is 1.12 bits per heavy atom. The van der Waals surface area contributed by atoms with Crippen LogP contribution in [0.2, 0.25) is 0 Å². The van der Waals surface area contributed by atoms with Crippen molar-refractivity contribution < 1.29 is 4.48 Å². The summed E-state index contributed by atoms with van der Waals surface area (Å²) >= 11 is 0. The molecule has 144 valence electrons. The highest BCUT2D eigenvalue weighted by atomic mass is 15.3. The zero-order chi connectivity index (χ0) is 18.4. The van der Waals surface area contributed by atoms with Crippen molar-refractivity contribution in [2.75, 3.05) is 20.6 Å². The lowest BCUT2D eigenvalue weighted by atomic mass is 10.0. The number of benzene rings is 1. The Labute approximate surface area is 158 Å². The maximum atomic E-state index is 2.39. The van der Waals surface area contributed by atoms with E-state index in [0.717, 1.165) is 4.48 Å². The van der Waals surface area contributed by atoms with Gasteiger partial charge in [-0.3, -0.25) is 0 Å². The van der Waals surface area contributed by atoms with E-state index in [4.69, 9.17) is 0 Å². The summed E-state index contributed by atoms with van der Waals surface area (Å²) in [5.74, 6) is 0. The number of unbranched alkanes of at least 4 members (excludes halogenated alkanes) is 11. The highest BCUT2D eigenvalue weighted by molar-refractivity contribution is 5.16. The molecule has 1 nitrogen and oxygen atoms in total. The molecule has 1 rings (SSSR count). The molecule has 0 N–H and O–H groups in total. The smallest absolute Gasteiger partial charge is 0.111 e. The van der Waals surface area contributed by atoms with Gasteiger partial charge in [-0.15, -0.1) is 0 Å². The Bertz CT molecular complexity index is 409. The molecular formula is C24H44N+. The number of hydrogen-bond donors (Lipinski definition) is 0. The molecule has 0 aliphatic heterocycles. The molecule has 0 bridgehead atoms. The van der Waals surface area contributed by atoms with Gasteiger partial charge in [0.05, 0.1) is 20.6 Å². The van der Waals surface area contributed by atoms with Crippen LogP contribution in [0.25, 0.3) is 0 Å². The molecule has 0 aliphatic rings. The molecule has 1 atom stereocenters. The topological polar surface area (TPSA) is 0 Å². The first kappa shape index (κ1) is 22.2. The minimum atomic E-state index is 0.578. The second kappa shape index (κ2) is 13.4. The van der Waals surface area contributed by atoms with E-state index in [1.807, 2.05) is 0 Å². The quantitative estimate of drug-likeness (QED) is 0.227. The Morgan fingerprint density at radius 3 is 1.60 bits per heavy atom. The normalized spacial score (nSPS) is 13.1. The van der Waals surface area contributed by atoms with Crippen molar-refractivity contribution in [3.05, 3.63) is 35.9 Å². The maximum Gasteiger partial charge on any atom is 0.111 e. The van der Waals surface area contributed by atoms with Crippen LogP contribution in [-0.2, 0) is 0 Å². The van der Waals surface area contributed by atoms with Crippen LogP contribution in [0, 0.1) is 0 Å². The first-order chi connectivity index (χ1) is 12.1. The fourth-order valence-electron chi connectivity index (χ4n) is 3.69. The summed E-state index contributed by atoms with van der Waals surface area (Å²) in [6.45, 7) is 5.95. The van der Waals surface area contributed by atoms with E-state index in [0.29, 0.717) is 6.04 Å². The average molecular weight is 347 g/mol. The summed E-state index contributed by atoms with van der Waals surface area (Å²) in [4.78, 5) is 0. The van der Waals surface area contributed by atoms with Crippen LogP contribution >= 0.6 is 0 Å². The molecule has 0 saturated carbocycles. The summed E-state index contributed by atoms with van der Waals surface area (Å²) in [5, 5.41) is 0.